The van der Waals surface area contributed by atoms with E-state index < -0.39 is 0 Å². The van der Waals surface area contributed by atoms with Crippen molar-refractivity contribution < 1.29 is 4.74 Å². The monoisotopic (exact) mass is 232 g/mol. The molecule has 1 fully saturated rings. The predicted octanol–water partition coefficient (Wildman–Crippen LogP) is 1.44. The van der Waals surface area contributed by atoms with Crippen LogP contribution in [0.1, 0.15) is 12.8 Å². The van der Waals surface area contributed by atoms with E-state index in [1.807, 2.05) is 6.07 Å². The Morgan fingerprint density at radius 1 is 1.53 bits per heavy atom. The second-order valence-corrected chi connectivity index (χ2v) is 4.50. The SMILES string of the molecule is Nc1nc2cnccc2n1CCC1CCOC1. The normalized spacial score (nSPS) is 20.1. The molecule has 3 heterocycles. The third-order valence-corrected chi connectivity index (χ3v) is 3.37. The highest BCUT2D eigenvalue weighted by atomic mass is 16.5. The summed E-state index contributed by atoms with van der Waals surface area (Å²) in [5, 5.41) is 0. The first-order valence-corrected chi connectivity index (χ1v) is 5.98. The Morgan fingerprint density at radius 3 is 3.29 bits per heavy atom. The molecule has 17 heavy (non-hydrogen) atoms. The molecule has 0 spiro atoms. The van der Waals surface area contributed by atoms with Crippen LogP contribution in [0.25, 0.3) is 11.0 Å². The van der Waals surface area contributed by atoms with Crippen LogP contribution in [0.15, 0.2) is 18.5 Å². The number of aryl methyl sites for hydroxylation is 1. The van der Waals surface area contributed by atoms with Crippen LogP contribution in [0.5, 0.6) is 0 Å². The summed E-state index contributed by atoms with van der Waals surface area (Å²) >= 11 is 0. The van der Waals surface area contributed by atoms with Crippen LogP contribution in [-0.4, -0.2) is 27.7 Å². The molecule has 0 saturated carbocycles. The lowest BCUT2D eigenvalue weighted by atomic mass is 10.1. The number of anilines is 1. The van der Waals surface area contributed by atoms with Crippen LogP contribution < -0.4 is 5.73 Å². The van der Waals surface area contributed by atoms with E-state index in [4.69, 9.17) is 10.5 Å². The van der Waals surface area contributed by atoms with Gasteiger partial charge in [0.1, 0.15) is 5.52 Å². The lowest BCUT2D eigenvalue weighted by molar-refractivity contribution is 0.183. The van der Waals surface area contributed by atoms with Crippen LogP contribution >= 0.6 is 0 Å². The van der Waals surface area contributed by atoms with Gasteiger partial charge in [0, 0.05) is 26.0 Å². The van der Waals surface area contributed by atoms with E-state index in [9.17, 15) is 0 Å². The van der Waals surface area contributed by atoms with Crippen LogP contribution in [0.2, 0.25) is 0 Å². The van der Waals surface area contributed by atoms with Crippen molar-refractivity contribution in [3.63, 3.8) is 0 Å². The molecule has 2 N–H and O–H groups in total. The fourth-order valence-electron chi connectivity index (χ4n) is 2.36. The molecule has 0 aliphatic carbocycles. The summed E-state index contributed by atoms with van der Waals surface area (Å²) in [7, 11) is 0. The highest BCUT2D eigenvalue weighted by molar-refractivity contribution is 5.76. The van der Waals surface area contributed by atoms with Gasteiger partial charge in [0.2, 0.25) is 5.95 Å². The maximum absolute atomic E-state index is 5.93. The van der Waals surface area contributed by atoms with Crippen LogP contribution in [0.4, 0.5) is 5.95 Å². The number of hydrogen-bond donors (Lipinski definition) is 1. The number of nitrogens with two attached hydrogens (primary N) is 1. The van der Waals surface area contributed by atoms with Gasteiger partial charge in [-0.25, -0.2) is 4.98 Å². The zero-order chi connectivity index (χ0) is 11.7. The summed E-state index contributed by atoms with van der Waals surface area (Å²) in [6, 6.07) is 1.96. The summed E-state index contributed by atoms with van der Waals surface area (Å²) in [5.74, 6) is 1.24. The minimum Gasteiger partial charge on any atom is -0.381 e. The van der Waals surface area contributed by atoms with E-state index in [-0.39, 0.29) is 0 Å². The molecule has 1 aliphatic rings. The molecule has 0 aromatic carbocycles. The third-order valence-electron chi connectivity index (χ3n) is 3.37. The van der Waals surface area contributed by atoms with Gasteiger partial charge < -0.3 is 15.0 Å². The first-order chi connectivity index (χ1) is 8.34. The van der Waals surface area contributed by atoms with Gasteiger partial charge in [-0.2, -0.15) is 0 Å². The number of imidazole rings is 1. The first kappa shape index (κ1) is 10.5. The number of rotatable bonds is 3. The Kier molecular flexibility index (Phi) is 2.68. The Balaban J connectivity index is 1.81. The van der Waals surface area contributed by atoms with Crippen LogP contribution in [0.3, 0.4) is 0 Å². The number of pyridine rings is 1. The van der Waals surface area contributed by atoms with Crippen LogP contribution in [-0.2, 0) is 11.3 Å². The summed E-state index contributed by atoms with van der Waals surface area (Å²) in [4.78, 5) is 8.36. The molecule has 1 unspecified atom stereocenters. The maximum Gasteiger partial charge on any atom is 0.201 e. The first-order valence-electron chi connectivity index (χ1n) is 5.98. The Labute approximate surface area is 99.6 Å². The van der Waals surface area contributed by atoms with E-state index in [0.29, 0.717) is 11.9 Å². The molecule has 5 nitrogen and oxygen atoms in total. The van der Waals surface area contributed by atoms with Gasteiger partial charge in [-0.05, 0) is 24.8 Å². The topological polar surface area (TPSA) is 66.0 Å². The van der Waals surface area contributed by atoms with E-state index >= 15 is 0 Å². The molecule has 0 bridgehead atoms. The van der Waals surface area contributed by atoms with Gasteiger partial charge in [0.25, 0.3) is 0 Å². The minimum atomic E-state index is 0.576. The highest BCUT2D eigenvalue weighted by Crippen LogP contribution is 2.21. The van der Waals surface area contributed by atoms with E-state index in [0.717, 1.165) is 43.6 Å². The fraction of sp³-hybridized carbons (Fsp3) is 0.500. The summed E-state index contributed by atoms with van der Waals surface area (Å²) in [5.41, 5.74) is 7.87. The molecule has 1 saturated heterocycles. The Hall–Kier alpha value is -1.62. The number of nitrogens with zero attached hydrogens (tertiary/aromatic N) is 3. The van der Waals surface area contributed by atoms with Crippen molar-refractivity contribution in [2.75, 3.05) is 18.9 Å². The second kappa shape index (κ2) is 4.33. The number of nitrogen functional groups attached to an aromatic ring is 1. The average Bonchev–Trinajstić information content (AvgIpc) is 2.93. The molecule has 5 heteroatoms. The van der Waals surface area contributed by atoms with Crippen molar-refractivity contribution >= 4 is 17.0 Å². The highest BCUT2D eigenvalue weighted by Gasteiger charge is 2.16. The number of aromatic nitrogens is 3. The van der Waals surface area contributed by atoms with Crippen molar-refractivity contribution in [2.24, 2.45) is 5.92 Å². The van der Waals surface area contributed by atoms with Crippen molar-refractivity contribution in [3.05, 3.63) is 18.5 Å². The summed E-state index contributed by atoms with van der Waals surface area (Å²) in [6.07, 6.45) is 5.78. The number of fused-ring (bicyclic) bond motifs is 1. The molecule has 90 valence electrons. The largest absolute Gasteiger partial charge is 0.381 e. The molecular weight excluding hydrogens is 216 g/mol. The Bertz CT molecular complexity index is 516. The summed E-state index contributed by atoms with van der Waals surface area (Å²) < 4.78 is 7.44. The van der Waals surface area contributed by atoms with Gasteiger partial charge in [-0.15, -0.1) is 0 Å². The number of hydrogen-bond acceptors (Lipinski definition) is 4. The molecule has 3 rings (SSSR count). The lowest BCUT2D eigenvalue weighted by Gasteiger charge is -2.09. The standard InChI is InChI=1S/C12H16N4O/c13-12-15-10-7-14-4-1-11(10)16(12)5-2-9-3-6-17-8-9/h1,4,7,9H,2-3,5-6,8H2,(H2,13,15). The van der Waals surface area contributed by atoms with Gasteiger partial charge >= 0.3 is 0 Å². The molecule has 1 atom stereocenters. The van der Waals surface area contributed by atoms with Crippen molar-refractivity contribution in [2.45, 2.75) is 19.4 Å². The Morgan fingerprint density at radius 2 is 2.47 bits per heavy atom. The minimum absolute atomic E-state index is 0.576. The maximum atomic E-state index is 5.93. The third kappa shape index (κ3) is 1.98. The molecule has 1 aliphatic heterocycles. The van der Waals surface area contributed by atoms with Crippen LogP contribution in [0, 0.1) is 5.92 Å². The predicted molar refractivity (Wildman–Crippen MR) is 65.5 cm³/mol. The average molecular weight is 232 g/mol. The van der Waals surface area contributed by atoms with Crippen molar-refractivity contribution in [3.8, 4) is 0 Å². The van der Waals surface area contributed by atoms with E-state index in [2.05, 4.69) is 14.5 Å². The van der Waals surface area contributed by atoms with E-state index in [1.54, 1.807) is 12.4 Å². The molecule has 2 aromatic rings. The van der Waals surface area contributed by atoms with Gasteiger partial charge in [-0.1, -0.05) is 0 Å². The molecule has 2 aromatic heterocycles. The zero-order valence-corrected chi connectivity index (χ0v) is 9.67. The molecule has 0 radical (unpaired) electrons. The fourth-order valence-corrected chi connectivity index (χ4v) is 2.36. The quantitative estimate of drug-likeness (QED) is 0.869. The van der Waals surface area contributed by atoms with Gasteiger partial charge in [0.05, 0.1) is 11.7 Å². The van der Waals surface area contributed by atoms with Gasteiger partial charge in [0.15, 0.2) is 0 Å². The molecule has 0 amide bonds. The van der Waals surface area contributed by atoms with Crippen molar-refractivity contribution in [1.29, 1.82) is 0 Å². The number of ether oxygens (including phenoxy) is 1. The second-order valence-electron chi connectivity index (χ2n) is 4.50. The van der Waals surface area contributed by atoms with Crippen molar-refractivity contribution in [1.82, 2.24) is 14.5 Å². The van der Waals surface area contributed by atoms with Gasteiger partial charge in [-0.3, -0.25) is 4.98 Å². The summed E-state index contributed by atoms with van der Waals surface area (Å²) in [6.45, 7) is 2.68. The zero-order valence-electron chi connectivity index (χ0n) is 9.67. The van der Waals surface area contributed by atoms with E-state index in [1.165, 1.54) is 0 Å². The smallest absolute Gasteiger partial charge is 0.201 e. The molecular formula is C12H16N4O. The lowest BCUT2D eigenvalue weighted by Crippen LogP contribution is -2.08.